The van der Waals surface area contributed by atoms with Crippen LogP contribution < -0.4 is 10.6 Å². The van der Waals surface area contributed by atoms with Gasteiger partial charge >= 0.3 is 0 Å². The minimum atomic E-state index is -0.177. The molecule has 192 valence electrons. The number of hydrogen-bond acceptors (Lipinski definition) is 5. The summed E-state index contributed by atoms with van der Waals surface area (Å²) >= 11 is 0. The zero-order valence-corrected chi connectivity index (χ0v) is 21.4. The quantitative estimate of drug-likeness (QED) is 0.319. The second-order valence-corrected chi connectivity index (χ2v) is 10.6. The lowest BCUT2D eigenvalue weighted by atomic mass is 10.0. The Hall–Kier alpha value is -3.65. The molecule has 0 bridgehead atoms. The largest absolute Gasteiger partial charge is 0.382 e. The average molecular weight is 498 g/mol. The highest BCUT2D eigenvalue weighted by Crippen LogP contribution is 2.31. The summed E-state index contributed by atoms with van der Waals surface area (Å²) in [5.41, 5.74) is 4.58. The SMILES string of the molecule is CN1CCC(Nc2ccc(C(=O)Nc3cc(-c4nc5ccccc5n4CC4CCCC4)[nH]n3)cc2)CC1. The minimum absolute atomic E-state index is 0.177. The predicted molar refractivity (Wildman–Crippen MR) is 148 cm³/mol. The number of aromatic amines is 1. The van der Waals surface area contributed by atoms with E-state index in [4.69, 9.17) is 4.98 Å². The molecule has 4 aromatic rings. The number of benzene rings is 2. The van der Waals surface area contributed by atoms with E-state index in [0.29, 0.717) is 23.3 Å². The first kappa shape index (κ1) is 23.7. The molecular weight excluding hydrogens is 462 g/mol. The van der Waals surface area contributed by atoms with Crippen LogP contribution in [0.5, 0.6) is 0 Å². The van der Waals surface area contributed by atoms with Gasteiger partial charge in [-0.15, -0.1) is 0 Å². The number of imidazole rings is 1. The number of carbonyl (C=O) groups excluding carboxylic acids is 1. The molecule has 2 fully saturated rings. The molecule has 1 saturated heterocycles. The topological polar surface area (TPSA) is 90.9 Å². The van der Waals surface area contributed by atoms with Crippen molar-refractivity contribution in [1.82, 2.24) is 24.6 Å². The number of aromatic nitrogens is 4. The van der Waals surface area contributed by atoms with Gasteiger partial charge in [0, 0.05) is 29.9 Å². The Labute approximate surface area is 217 Å². The van der Waals surface area contributed by atoms with E-state index >= 15 is 0 Å². The maximum Gasteiger partial charge on any atom is 0.256 e. The monoisotopic (exact) mass is 497 g/mol. The smallest absolute Gasteiger partial charge is 0.256 e. The van der Waals surface area contributed by atoms with Crippen LogP contribution in [0, 0.1) is 5.92 Å². The fraction of sp³-hybridized carbons (Fsp3) is 0.414. The highest BCUT2D eigenvalue weighted by molar-refractivity contribution is 6.04. The number of fused-ring (bicyclic) bond motifs is 1. The molecule has 37 heavy (non-hydrogen) atoms. The number of amides is 1. The summed E-state index contributed by atoms with van der Waals surface area (Å²) in [5.74, 6) is 1.86. The molecule has 8 nitrogen and oxygen atoms in total. The van der Waals surface area contributed by atoms with Crippen molar-refractivity contribution in [3.63, 3.8) is 0 Å². The molecule has 1 amide bonds. The third-order valence-electron chi connectivity index (χ3n) is 7.87. The van der Waals surface area contributed by atoms with Crippen LogP contribution in [0.25, 0.3) is 22.6 Å². The molecule has 1 aliphatic carbocycles. The van der Waals surface area contributed by atoms with E-state index in [-0.39, 0.29) is 5.91 Å². The van der Waals surface area contributed by atoms with E-state index in [9.17, 15) is 4.79 Å². The van der Waals surface area contributed by atoms with Gasteiger partial charge in [-0.25, -0.2) is 4.98 Å². The van der Waals surface area contributed by atoms with Crippen LogP contribution >= 0.6 is 0 Å². The summed E-state index contributed by atoms with van der Waals surface area (Å²) in [5, 5.41) is 14.0. The summed E-state index contributed by atoms with van der Waals surface area (Å²) in [6, 6.07) is 18.3. The highest BCUT2D eigenvalue weighted by atomic mass is 16.1. The summed E-state index contributed by atoms with van der Waals surface area (Å²) in [6.07, 6.45) is 7.42. The first-order chi connectivity index (χ1) is 18.1. The predicted octanol–water partition coefficient (Wildman–Crippen LogP) is 5.38. The Morgan fingerprint density at radius 2 is 1.78 bits per heavy atom. The number of likely N-dealkylation sites (tertiary alicyclic amines) is 1. The molecular formula is C29H35N7O. The molecule has 1 saturated carbocycles. The third-order valence-corrected chi connectivity index (χ3v) is 7.87. The van der Waals surface area contributed by atoms with Crippen molar-refractivity contribution >= 4 is 28.4 Å². The second-order valence-electron chi connectivity index (χ2n) is 10.6. The van der Waals surface area contributed by atoms with Crippen molar-refractivity contribution in [1.29, 1.82) is 0 Å². The van der Waals surface area contributed by atoms with Gasteiger partial charge in [-0.05, 0) is 88.1 Å². The zero-order valence-electron chi connectivity index (χ0n) is 21.4. The van der Waals surface area contributed by atoms with E-state index in [2.05, 4.69) is 49.5 Å². The number of H-pyrrole nitrogens is 1. The van der Waals surface area contributed by atoms with Crippen molar-refractivity contribution in [2.45, 2.75) is 51.1 Å². The molecule has 6 rings (SSSR count). The number of nitrogens with zero attached hydrogens (tertiary/aromatic N) is 4. The van der Waals surface area contributed by atoms with Crippen LogP contribution in [-0.2, 0) is 6.54 Å². The van der Waals surface area contributed by atoms with Crippen LogP contribution in [0.4, 0.5) is 11.5 Å². The van der Waals surface area contributed by atoms with Gasteiger partial charge in [0.2, 0.25) is 0 Å². The first-order valence-electron chi connectivity index (χ1n) is 13.5. The fourth-order valence-corrected chi connectivity index (χ4v) is 5.71. The number of rotatable bonds is 7. The number of carbonyl (C=O) groups is 1. The number of hydrogen-bond donors (Lipinski definition) is 3. The number of nitrogens with one attached hydrogen (secondary N) is 3. The van der Waals surface area contributed by atoms with Crippen molar-refractivity contribution in [2.24, 2.45) is 5.92 Å². The Morgan fingerprint density at radius 1 is 1.03 bits per heavy atom. The highest BCUT2D eigenvalue weighted by Gasteiger charge is 2.21. The summed E-state index contributed by atoms with van der Waals surface area (Å²) in [4.78, 5) is 20.2. The van der Waals surface area contributed by atoms with Crippen LogP contribution in [0.15, 0.2) is 54.6 Å². The standard InChI is InChI=1S/C29H35N7O/c1-35-16-14-23(15-17-35)30-22-12-10-21(11-13-22)29(37)32-27-18-25(33-34-27)28-31-24-8-4-5-9-26(24)36(28)19-20-6-2-3-7-20/h4-5,8-13,18,20,23,30H,2-3,6-7,14-17,19H2,1H3,(H2,32,33,34,37). The molecule has 2 aromatic carbocycles. The molecule has 3 heterocycles. The average Bonchev–Trinajstić information content (AvgIpc) is 3.67. The molecule has 1 aliphatic heterocycles. The Balaban J connectivity index is 1.15. The van der Waals surface area contributed by atoms with Gasteiger partial charge in [0.25, 0.3) is 5.91 Å². The van der Waals surface area contributed by atoms with Gasteiger partial charge in [0.05, 0.1) is 11.0 Å². The van der Waals surface area contributed by atoms with E-state index < -0.39 is 0 Å². The minimum Gasteiger partial charge on any atom is -0.382 e. The van der Waals surface area contributed by atoms with E-state index in [1.807, 2.05) is 42.5 Å². The van der Waals surface area contributed by atoms with E-state index in [1.54, 1.807) is 0 Å². The molecule has 2 aliphatic rings. The zero-order chi connectivity index (χ0) is 25.2. The Morgan fingerprint density at radius 3 is 2.57 bits per heavy atom. The van der Waals surface area contributed by atoms with Crippen LogP contribution in [-0.4, -0.2) is 56.7 Å². The number of anilines is 2. The van der Waals surface area contributed by atoms with Crippen molar-refractivity contribution in [2.75, 3.05) is 30.8 Å². The first-order valence-corrected chi connectivity index (χ1v) is 13.5. The molecule has 0 spiro atoms. The second kappa shape index (κ2) is 10.4. The lowest BCUT2D eigenvalue weighted by molar-refractivity contribution is 0.102. The molecule has 0 unspecified atom stereocenters. The fourth-order valence-electron chi connectivity index (χ4n) is 5.71. The molecule has 0 atom stereocenters. The van der Waals surface area contributed by atoms with Crippen LogP contribution in [0.1, 0.15) is 48.9 Å². The van der Waals surface area contributed by atoms with Gasteiger partial charge in [0.15, 0.2) is 11.6 Å². The molecule has 8 heteroatoms. The van der Waals surface area contributed by atoms with Crippen molar-refractivity contribution in [3.8, 4) is 11.5 Å². The lowest BCUT2D eigenvalue weighted by Gasteiger charge is -2.30. The van der Waals surface area contributed by atoms with Crippen LogP contribution in [0.2, 0.25) is 0 Å². The van der Waals surface area contributed by atoms with Crippen molar-refractivity contribution < 1.29 is 4.79 Å². The maximum atomic E-state index is 12.9. The molecule has 2 aromatic heterocycles. The Kier molecular flexibility index (Phi) is 6.66. The summed E-state index contributed by atoms with van der Waals surface area (Å²) in [6.45, 7) is 3.18. The normalized spacial score (nSPS) is 17.4. The van der Waals surface area contributed by atoms with Gasteiger partial charge in [-0.2, -0.15) is 5.10 Å². The van der Waals surface area contributed by atoms with Crippen molar-refractivity contribution in [3.05, 3.63) is 60.2 Å². The van der Waals surface area contributed by atoms with Gasteiger partial charge in [0.1, 0.15) is 5.69 Å². The summed E-state index contributed by atoms with van der Waals surface area (Å²) in [7, 11) is 2.17. The van der Waals surface area contributed by atoms with Gasteiger partial charge in [-0.1, -0.05) is 25.0 Å². The third kappa shape index (κ3) is 5.25. The van der Waals surface area contributed by atoms with Gasteiger partial charge < -0.3 is 20.1 Å². The Bertz CT molecular complexity index is 1360. The summed E-state index contributed by atoms with van der Waals surface area (Å²) < 4.78 is 2.31. The lowest BCUT2D eigenvalue weighted by Crippen LogP contribution is -2.36. The number of para-hydroxylation sites is 2. The maximum absolute atomic E-state index is 12.9. The van der Waals surface area contributed by atoms with Crippen LogP contribution in [0.3, 0.4) is 0 Å². The van der Waals surface area contributed by atoms with E-state index in [0.717, 1.165) is 60.7 Å². The number of piperidine rings is 1. The van der Waals surface area contributed by atoms with E-state index in [1.165, 1.54) is 25.7 Å². The molecule has 0 radical (unpaired) electrons. The van der Waals surface area contributed by atoms with Gasteiger partial charge in [-0.3, -0.25) is 9.89 Å². The molecule has 3 N–H and O–H groups in total.